The number of thiazole rings is 1. The van der Waals surface area contributed by atoms with Crippen LogP contribution < -0.4 is 4.42 Å². The Morgan fingerprint density at radius 3 is 2.62 bits per heavy atom. The molecule has 0 aliphatic rings. The zero-order valence-electron chi connectivity index (χ0n) is 10.9. The first-order chi connectivity index (χ1) is 10.2. The second-order valence-corrected chi connectivity index (χ2v) is 6.84. The Labute approximate surface area is 135 Å². The highest BCUT2D eigenvalue weighted by Gasteiger charge is 2.14. The van der Waals surface area contributed by atoms with Gasteiger partial charge in [0.15, 0.2) is 4.34 Å². The van der Waals surface area contributed by atoms with Crippen LogP contribution in [0.3, 0.4) is 0 Å². The number of benzene rings is 2. The monoisotopic (exact) mass is 334 g/mol. The number of hydrogen-bond donors (Lipinski definition) is 0. The zero-order chi connectivity index (χ0) is 14.7. The fourth-order valence-electron chi connectivity index (χ4n) is 1.80. The molecular weight excluding hydrogens is 324 g/mol. The average Bonchev–Trinajstić information content (AvgIpc) is 2.95. The summed E-state index contributed by atoms with van der Waals surface area (Å²) < 4.78 is 3.15. The SMILES string of the molecule is O=C(CSc1nc2ccccc2s1)N(Cl)c1ccccc1. The molecule has 0 N–H and O–H groups in total. The minimum Gasteiger partial charge on any atom is -0.272 e. The Kier molecular flexibility index (Phi) is 4.43. The number of fused-ring (bicyclic) bond motifs is 1. The van der Waals surface area contributed by atoms with Gasteiger partial charge >= 0.3 is 0 Å². The Balaban J connectivity index is 1.65. The predicted octanol–water partition coefficient (Wildman–Crippen LogP) is 4.58. The van der Waals surface area contributed by atoms with E-state index in [1.165, 1.54) is 11.8 Å². The lowest BCUT2D eigenvalue weighted by molar-refractivity contribution is -0.115. The summed E-state index contributed by atoms with van der Waals surface area (Å²) >= 11 is 9.05. The molecule has 0 radical (unpaired) electrons. The molecule has 0 aliphatic heterocycles. The van der Waals surface area contributed by atoms with Gasteiger partial charge in [-0.3, -0.25) is 4.79 Å². The normalized spacial score (nSPS) is 10.7. The number of hydrogen-bond acceptors (Lipinski definition) is 4. The molecular formula is C15H11ClN2OS2. The standard InChI is InChI=1S/C15H11ClN2OS2/c16-18(11-6-2-1-3-7-11)14(19)10-20-15-17-12-8-4-5-9-13(12)21-15/h1-9H,10H2. The number of nitrogens with zero attached hydrogens (tertiary/aromatic N) is 2. The summed E-state index contributed by atoms with van der Waals surface area (Å²) in [6.45, 7) is 0. The molecule has 0 unspecified atom stereocenters. The van der Waals surface area contributed by atoms with Crippen LogP contribution in [0, 0.1) is 0 Å². The van der Waals surface area contributed by atoms with Gasteiger partial charge in [-0.15, -0.1) is 11.3 Å². The molecule has 3 rings (SSSR count). The van der Waals surface area contributed by atoms with Crippen molar-refractivity contribution in [3.8, 4) is 0 Å². The maximum atomic E-state index is 12.1. The van der Waals surface area contributed by atoms with Crippen LogP contribution in [0.25, 0.3) is 10.2 Å². The Morgan fingerprint density at radius 2 is 1.86 bits per heavy atom. The number of thioether (sulfide) groups is 1. The Morgan fingerprint density at radius 1 is 1.14 bits per heavy atom. The molecule has 0 atom stereocenters. The van der Waals surface area contributed by atoms with Gasteiger partial charge in [-0.25, -0.2) is 9.40 Å². The second-order valence-electron chi connectivity index (χ2n) is 4.25. The van der Waals surface area contributed by atoms with Crippen molar-refractivity contribution in [3.63, 3.8) is 0 Å². The van der Waals surface area contributed by atoms with Gasteiger partial charge in [0.1, 0.15) is 0 Å². The lowest BCUT2D eigenvalue weighted by atomic mass is 10.3. The van der Waals surface area contributed by atoms with Crippen molar-refractivity contribution in [3.05, 3.63) is 54.6 Å². The third kappa shape index (κ3) is 3.37. The Hall–Kier alpha value is -1.56. The first-order valence-electron chi connectivity index (χ1n) is 6.26. The fourth-order valence-corrected chi connectivity index (χ4v) is 3.96. The van der Waals surface area contributed by atoms with Crippen LogP contribution in [0.15, 0.2) is 58.9 Å². The summed E-state index contributed by atoms with van der Waals surface area (Å²) in [6.07, 6.45) is 0. The van der Waals surface area contributed by atoms with Crippen molar-refractivity contribution in [1.82, 2.24) is 4.98 Å². The number of amides is 1. The van der Waals surface area contributed by atoms with E-state index >= 15 is 0 Å². The van der Waals surface area contributed by atoms with Gasteiger partial charge in [0.2, 0.25) is 0 Å². The minimum absolute atomic E-state index is 0.160. The molecule has 0 fully saturated rings. The van der Waals surface area contributed by atoms with Crippen molar-refractivity contribution in [2.75, 3.05) is 10.2 Å². The van der Waals surface area contributed by atoms with E-state index in [2.05, 4.69) is 4.98 Å². The molecule has 1 aromatic heterocycles. The number of carbonyl (C=O) groups is 1. The van der Waals surface area contributed by atoms with Crippen molar-refractivity contribution in [1.29, 1.82) is 0 Å². The number of carbonyl (C=O) groups excluding carboxylic acids is 1. The summed E-state index contributed by atoms with van der Waals surface area (Å²) in [7, 11) is 0. The molecule has 106 valence electrons. The number of rotatable bonds is 4. The molecule has 0 bridgehead atoms. The first-order valence-corrected chi connectivity index (χ1v) is 8.40. The van der Waals surface area contributed by atoms with E-state index in [1.54, 1.807) is 23.5 Å². The minimum atomic E-state index is -0.160. The van der Waals surface area contributed by atoms with Crippen LogP contribution >= 0.6 is 34.9 Å². The summed E-state index contributed by atoms with van der Waals surface area (Å²) in [5.74, 6) is 0.102. The summed E-state index contributed by atoms with van der Waals surface area (Å²) in [5, 5.41) is 0. The van der Waals surface area contributed by atoms with E-state index in [0.29, 0.717) is 5.69 Å². The average molecular weight is 335 g/mol. The molecule has 0 saturated heterocycles. The summed E-state index contributed by atoms with van der Waals surface area (Å²) in [6, 6.07) is 17.1. The van der Waals surface area contributed by atoms with Crippen LogP contribution in [0.2, 0.25) is 0 Å². The van der Waals surface area contributed by atoms with Crippen molar-refractivity contribution in [2.45, 2.75) is 4.34 Å². The largest absolute Gasteiger partial charge is 0.272 e. The third-order valence-corrected chi connectivity index (χ3v) is 5.34. The number of aromatic nitrogens is 1. The van der Waals surface area contributed by atoms with Gasteiger partial charge in [0, 0.05) is 11.8 Å². The van der Waals surface area contributed by atoms with Crippen LogP contribution in [0.1, 0.15) is 0 Å². The lowest BCUT2D eigenvalue weighted by Gasteiger charge is -2.12. The van der Waals surface area contributed by atoms with Crippen LogP contribution in [0.4, 0.5) is 5.69 Å². The third-order valence-electron chi connectivity index (χ3n) is 2.80. The fraction of sp³-hybridized carbons (Fsp3) is 0.0667. The van der Waals surface area contributed by atoms with E-state index in [1.807, 2.05) is 42.5 Å². The number of anilines is 1. The molecule has 3 aromatic rings. The molecule has 6 heteroatoms. The molecule has 1 amide bonds. The molecule has 0 spiro atoms. The van der Waals surface area contributed by atoms with Crippen LogP contribution in [0.5, 0.6) is 0 Å². The molecule has 1 heterocycles. The predicted molar refractivity (Wildman–Crippen MR) is 90.1 cm³/mol. The number of para-hydroxylation sites is 2. The lowest BCUT2D eigenvalue weighted by Crippen LogP contribution is -2.22. The summed E-state index contributed by atoms with van der Waals surface area (Å²) in [4.78, 5) is 16.6. The number of halogens is 1. The first kappa shape index (κ1) is 14.4. The van der Waals surface area contributed by atoms with Crippen molar-refractivity contribution in [2.24, 2.45) is 0 Å². The summed E-state index contributed by atoms with van der Waals surface area (Å²) in [5.41, 5.74) is 1.64. The zero-order valence-corrected chi connectivity index (χ0v) is 13.3. The molecule has 21 heavy (non-hydrogen) atoms. The van der Waals surface area contributed by atoms with Crippen LogP contribution in [-0.2, 0) is 4.79 Å². The van der Waals surface area contributed by atoms with Crippen molar-refractivity contribution < 1.29 is 4.79 Å². The van der Waals surface area contributed by atoms with Crippen molar-refractivity contribution >= 4 is 56.7 Å². The van der Waals surface area contributed by atoms with Gasteiger partial charge in [-0.2, -0.15) is 0 Å². The topological polar surface area (TPSA) is 33.2 Å². The highest BCUT2D eigenvalue weighted by molar-refractivity contribution is 8.01. The molecule has 3 nitrogen and oxygen atoms in total. The van der Waals surface area contributed by atoms with E-state index in [9.17, 15) is 4.79 Å². The van der Waals surface area contributed by atoms with E-state index in [0.717, 1.165) is 19.0 Å². The van der Waals surface area contributed by atoms with Gasteiger partial charge < -0.3 is 0 Å². The van der Waals surface area contributed by atoms with Crippen LogP contribution in [-0.4, -0.2) is 16.6 Å². The van der Waals surface area contributed by atoms with E-state index < -0.39 is 0 Å². The molecule has 0 saturated carbocycles. The molecule has 0 aliphatic carbocycles. The highest BCUT2D eigenvalue weighted by atomic mass is 35.5. The van der Waals surface area contributed by atoms with E-state index in [4.69, 9.17) is 11.8 Å². The maximum Gasteiger partial charge on any atom is 0.252 e. The quantitative estimate of drug-likeness (QED) is 0.517. The van der Waals surface area contributed by atoms with E-state index in [-0.39, 0.29) is 11.7 Å². The van der Waals surface area contributed by atoms with Gasteiger partial charge in [-0.05, 0) is 24.3 Å². The van der Waals surface area contributed by atoms with Gasteiger partial charge in [0.25, 0.3) is 5.91 Å². The second kappa shape index (κ2) is 6.47. The van der Waals surface area contributed by atoms with Gasteiger partial charge in [-0.1, -0.05) is 42.1 Å². The Bertz CT molecular complexity index is 727. The molecule has 2 aromatic carbocycles. The highest BCUT2D eigenvalue weighted by Crippen LogP contribution is 2.30. The smallest absolute Gasteiger partial charge is 0.252 e. The van der Waals surface area contributed by atoms with Gasteiger partial charge in [0.05, 0.1) is 21.7 Å². The maximum absolute atomic E-state index is 12.1.